The van der Waals surface area contributed by atoms with E-state index >= 15 is 0 Å². The number of hydrogen-bond acceptors (Lipinski definition) is 5. The number of halogens is 1. The van der Waals surface area contributed by atoms with Crippen molar-refractivity contribution in [1.29, 1.82) is 0 Å². The zero-order valence-electron chi connectivity index (χ0n) is 13.6. The van der Waals surface area contributed by atoms with Gasteiger partial charge in [0.05, 0.1) is 26.4 Å². The normalized spacial score (nSPS) is 14.8. The minimum absolute atomic E-state index is 0. The Morgan fingerprint density at radius 2 is 1.96 bits per heavy atom. The predicted octanol–water partition coefficient (Wildman–Crippen LogP) is -0.607. The van der Waals surface area contributed by atoms with E-state index < -0.39 is 0 Å². The van der Waals surface area contributed by atoms with Crippen LogP contribution in [0.4, 0.5) is 0 Å². The molecule has 1 saturated heterocycles. The van der Waals surface area contributed by atoms with Gasteiger partial charge in [-0.25, -0.2) is 0 Å². The van der Waals surface area contributed by atoms with E-state index in [1.54, 1.807) is 18.2 Å². The molecule has 1 fully saturated rings. The number of rotatable bonds is 9. The average Bonchev–Trinajstić information content (AvgIpc) is 2.57. The van der Waals surface area contributed by atoms with Gasteiger partial charge in [-0.3, -0.25) is 9.69 Å². The van der Waals surface area contributed by atoms with Crippen LogP contribution in [0.5, 0.6) is 11.5 Å². The first-order chi connectivity index (χ1) is 10.8. The summed E-state index contributed by atoms with van der Waals surface area (Å²) >= 11 is 0. The number of unbranched alkanes of at least 4 members (excludes halogenated alkanes) is 1. The van der Waals surface area contributed by atoms with Crippen LogP contribution in [-0.4, -0.2) is 57.2 Å². The van der Waals surface area contributed by atoms with Gasteiger partial charge in [0.1, 0.15) is 6.29 Å². The maximum atomic E-state index is 10.8. The van der Waals surface area contributed by atoms with E-state index in [1.165, 1.54) is 0 Å². The number of aldehydes is 1. The lowest BCUT2D eigenvalue weighted by Gasteiger charge is -2.26. The second kappa shape index (κ2) is 11.3. The molecule has 23 heavy (non-hydrogen) atoms. The molecule has 130 valence electrons. The Labute approximate surface area is 144 Å². The summed E-state index contributed by atoms with van der Waals surface area (Å²) in [6.45, 7) is 7.97. The maximum Gasteiger partial charge on any atom is 0.161 e. The van der Waals surface area contributed by atoms with Crippen molar-refractivity contribution in [2.75, 3.05) is 46.1 Å². The summed E-state index contributed by atoms with van der Waals surface area (Å²) < 4.78 is 16.7. The molecule has 6 heteroatoms. The molecule has 0 saturated carbocycles. The Bertz CT molecular complexity index is 464. The Hall–Kier alpha value is -1.30. The van der Waals surface area contributed by atoms with Gasteiger partial charge in [-0.2, -0.15) is 0 Å². The molecule has 2 rings (SSSR count). The number of benzene rings is 1. The van der Waals surface area contributed by atoms with E-state index in [9.17, 15) is 4.79 Å². The van der Waals surface area contributed by atoms with Gasteiger partial charge in [-0.05, 0) is 44.5 Å². The molecular formula is C17H25ClNO4-. The number of morpholine rings is 1. The molecule has 1 heterocycles. The van der Waals surface area contributed by atoms with Crippen LogP contribution in [0, 0.1) is 0 Å². The largest absolute Gasteiger partial charge is 1.00 e. The molecular weight excluding hydrogens is 318 g/mol. The first-order valence-electron chi connectivity index (χ1n) is 7.98. The molecule has 0 spiro atoms. The second-order valence-electron chi connectivity index (χ2n) is 5.27. The van der Waals surface area contributed by atoms with Gasteiger partial charge in [0.2, 0.25) is 0 Å². The van der Waals surface area contributed by atoms with E-state index in [0.717, 1.165) is 52.0 Å². The summed E-state index contributed by atoms with van der Waals surface area (Å²) in [7, 11) is 0. The lowest BCUT2D eigenvalue weighted by Crippen LogP contribution is -3.00. The maximum absolute atomic E-state index is 10.8. The summed E-state index contributed by atoms with van der Waals surface area (Å²) in [5.41, 5.74) is 0.600. The standard InChI is InChI=1S/C17H25NO4.ClH/c1-2-21-17-13-15(14-19)5-6-16(17)22-10-4-3-7-18-8-11-20-12-9-18;/h5-6,13-14H,2-4,7-12H2,1H3;1H/p-1. The highest BCUT2D eigenvalue weighted by atomic mass is 35.5. The molecule has 0 aliphatic carbocycles. The van der Waals surface area contributed by atoms with Crippen molar-refractivity contribution in [3.8, 4) is 11.5 Å². The lowest BCUT2D eigenvalue weighted by molar-refractivity contribution is -0.0000135. The number of hydrogen-bond donors (Lipinski definition) is 0. The van der Waals surface area contributed by atoms with Crippen molar-refractivity contribution in [2.45, 2.75) is 19.8 Å². The summed E-state index contributed by atoms with van der Waals surface area (Å²) in [5, 5.41) is 0. The Morgan fingerprint density at radius 1 is 1.17 bits per heavy atom. The van der Waals surface area contributed by atoms with Crippen molar-refractivity contribution in [1.82, 2.24) is 4.90 Å². The zero-order valence-corrected chi connectivity index (χ0v) is 14.4. The monoisotopic (exact) mass is 342 g/mol. The fourth-order valence-electron chi connectivity index (χ4n) is 2.43. The van der Waals surface area contributed by atoms with Crippen LogP contribution in [0.2, 0.25) is 0 Å². The van der Waals surface area contributed by atoms with Gasteiger partial charge in [0, 0.05) is 18.7 Å². The van der Waals surface area contributed by atoms with Gasteiger partial charge < -0.3 is 26.6 Å². The van der Waals surface area contributed by atoms with Crippen molar-refractivity contribution in [2.24, 2.45) is 0 Å². The van der Waals surface area contributed by atoms with E-state index in [0.29, 0.717) is 30.3 Å². The smallest absolute Gasteiger partial charge is 0.161 e. The Balaban J connectivity index is 0.00000264. The summed E-state index contributed by atoms with van der Waals surface area (Å²) in [5.74, 6) is 1.35. The number of nitrogens with zero attached hydrogens (tertiary/aromatic N) is 1. The SMILES string of the molecule is CCOc1cc(C=O)ccc1OCCCCN1CCOCC1.[Cl-]. The highest BCUT2D eigenvalue weighted by molar-refractivity contribution is 5.76. The molecule has 1 aliphatic heterocycles. The molecule has 0 aromatic heterocycles. The molecule has 1 aromatic rings. The zero-order chi connectivity index (χ0) is 15.6. The van der Waals surface area contributed by atoms with Gasteiger partial charge >= 0.3 is 0 Å². The topological polar surface area (TPSA) is 48.0 Å². The number of carbonyl (C=O) groups excluding carboxylic acids is 1. The van der Waals surface area contributed by atoms with E-state index in [2.05, 4.69) is 4.90 Å². The minimum Gasteiger partial charge on any atom is -1.00 e. The predicted molar refractivity (Wildman–Crippen MR) is 85.0 cm³/mol. The van der Waals surface area contributed by atoms with Crippen LogP contribution < -0.4 is 21.9 Å². The molecule has 1 aliphatic rings. The fourth-order valence-corrected chi connectivity index (χ4v) is 2.43. The highest BCUT2D eigenvalue weighted by Crippen LogP contribution is 2.28. The van der Waals surface area contributed by atoms with E-state index in [-0.39, 0.29) is 12.4 Å². The van der Waals surface area contributed by atoms with Crippen LogP contribution >= 0.6 is 0 Å². The average molecular weight is 343 g/mol. The van der Waals surface area contributed by atoms with Crippen molar-refractivity contribution in [3.63, 3.8) is 0 Å². The molecule has 0 N–H and O–H groups in total. The van der Waals surface area contributed by atoms with Crippen LogP contribution in [-0.2, 0) is 4.74 Å². The molecule has 1 aromatic carbocycles. The molecule has 0 amide bonds. The molecule has 0 radical (unpaired) electrons. The molecule has 5 nitrogen and oxygen atoms in total. The Kier molecular flexibility index (Phi) is 9.67. The van der Waals surface area contributed by atoms with Gasteiger partial charge in [-0.15, -0.1) is 0 Å². The number of carbonyl (C=O) groups is 1. The van der Waals surface area contributed by atoms with E-state index in [4.69, 9.17) is 14.2 Å². The molecule has 0 atom stereocenters. The summed E-state index contributed by atoms with van der Waals surface area (Å²) in [6.07, 6.45) is 2.92. The number of ether oxygens (including phenoxy) is 3. The van der Waals surface area contributed by atoms with Crippen molar-refractivity contribution >= 4 is 6.29 Å². The third kappa shape index (κ3) is 6.77. The van der Waals surface area contributed by atoms with Crippen LogP contribution in [0.3, 0.4) is 0 Å². The van der Waals surface area contributed by atoms with Gasteiger partial charge in [0.25, 0.3) is 0 Å². The lowest BCUT2D eigenvalue weighted by atomic mass is 10.2. The third-order valence-corrected chi connectivity index (χ3v) is 3.63. The highest BCUT2D eigenvalue weighted by Gasteiger charge is 2.10. The first-order valence-corrected chi connectivity index (χ1v) is 7.98. The minimum atomic E-state index is 0. The van der Waals surface area contributed by atoms with Crippen LogP contribution in [0.25, 0.3) is 0 Å². The van der Waals surface area contributed by atoms with Crippen LogP contribution in [0.15, 0.2) is 18.2 Å². The van der Waals surface area contributed by atoms with Crippen molar-refractivity contribution < 1.29 is 31.4 Å². The molecule has 0 bridgehead atoms. The van der Waals surface area contributed by atoms with E-state index in [1.807, 2.05) is 6.92 Å². The second-order valence-corrected chi connectivity index (χ2v) is 5.27. The van der Waals surface area contributed by atoms with Gasteiger partial charge in [-0.1, -0.05) is 0 Å². The fraction of sp³-hybridized carbons (Fsp3) is 0.588. The summed E-state index contributed by atoms with van der Waals surface area (Å²) in [6, 6.07) is 5.27. The first kappa shape index (κ1) is 19.7. The van der Waals surface area contributed by atoms with Crippen LogP contribution in [0.1, 0.15) is 30.1 Å². The Morgan fingerprint density at radius 3 is 2.65 bits per heavy atom. The quantitative estimate of drug-likeness (QED) is 0.443. The molecule has 0 unspecified atom stereocenters. The van der Waals surface area contributed by atoms with Gasteiger partial charge in [0.15, 0.2) is 11.5 Å². The summed E-state index contributed by atoms with van der Waals surface area (Å²) in [4.78, 5) is 13.2. The third-order valence-electron chi connectivity index (χ3n) is 3.63. The van der Waals surface area contributed by atoms with Crippen molar-refractivity contribution in [3.05, 3.63) is 23.8 Å².